The lowest BCUT2D eigenvalue weighted by Gasteiger charge is -2.24. The highest BCUT2D eigenvalue weighted by Crippen LogP contribution is 2.43. The minimum atomic E-state index is -0.613. The van der Waals surface area contributed by atoms with Gasteiger partial charge in [-0.25, -0.2) is 9.18 Å². The average molecular weight is 496 g/mol. The molecule has 1 saturated carbocycles. The number of nitrogens with one attached hydrogen (secondary N) is 1. The van der Waals surface area contributed by atoms with E-state index >= 15 is 4.39 Å². The first-order chi connectivity index (χ1) is 16.9. The minimum absolute atomic E-state index is 0.121. The van der Waals surface area contributed by atoms with Gasteiger partial charge in [-0.15, -0.1) is 0 Å². The fraction of sp³-hybridized carbons (Fsp3) is 0.370. The molecule has 0 aliphatic heterocycles. The molecule has 8 heteroatoms. The molecule has 35 heavy (non-hydrogen) atoms. The van der Waals surface area contributed by atoms with Gasteiger partial charge in [-0.05, 0) is 68.0 Å². The molecule has 1 fully saturated rings. The van der Waals surface area contributed by atoms with E-state index in [-0.39, 0.29) is 23.1 Å². The van der Waals surface area contributed by atoms with Crippen molar-refractivity contribution in [2.75, 3.05) is 13.7 Å². The smallest absolute Gasteiger partial charge is 0.337 e. The van der Waals surface area contributed by atoms with Crippen LogP contribution in [-0.2, 0) is 17.6 Å². The van der Waals surface area contributed by atoms with E-state index in [9.17, 15) is 9.59 Å². The van der Waals surface area contributed by atoms with Crippen LogP contribution in [0.2, 0.25) is 5.02 Å². The lowest BCUT2D eigenvalue weighted by atomic mass is 9.89. The Kier molecular flexibility index (Phi) is 6.47. The second-order valence-corrected chi connectivity index (χ2v) is 9.56. The Hall–Kier alpha value is -3.03. The van der Waals surface area contributed by atoms with E-state index in [0.29, 0.717) is 35.0 Å². The Bertz CT molecular complexity index is 1320. The highest BCUT2D eigenvalue weighted by Gasteiger charge is 2.34. The first-order valence-corrected chi connectivity index (χ1v) is 12.4. The number of methoxy groups -OCH3 is 1. The van der Waals surface area contributed by atoms with E-state index in [2.05, 4.69) is 10.4 Å². The summed E-state index contributed by atoms with van der Waals surface area (Å²) in [7, 11) is 1.25. The zero-order chi connectivity index (χ0) is 24.7. The summed E-state index contributed by atoms with van der Waals surface area (Å²) in [5, 5.41) is 8.54. The van der Waals surface area contributed by atoms with Crippen molar-refractivity contribution in [3.63, 3.8) is 0 Å². The second kappa shape index (κ2) is 9.55. The zero-order valence-corrected chi connectivity index (χ0v) is 20.5. The van der Waals surface area contributed by atoms with E-state index < -0.39 is 11.8 Å². The van der Waals surface area contributed by atoms with Gasteiger partial charge in [-0.3, -0.25) is 4.79 Å². The van der Waals surface area contributed by atoms with Crippen molar-refractivity contribution in [3.8, 4) is 11.3 Å². The number of halogens is 2. The van der Waals surface area contributed by atoms with Gasteiger partial charge in [0.05, 0.1) is 34.6 Å². The molecular formula is C27H27ClFN3O3. The average Bonchev–Trinajstić information content (AvgIpc) is 3.64. The number of benzene rings is 2. The number of ether oxygens (including phenoxy) is 1. The Morgan fingerprint density at radius 3 is 2.71 bits per heavy atom. The van der Waals surface area contributed by atoms with Crippen molar-refractivity contribution in [1.82, 2.24) is 15.1 Å². The monoisotopic (exact) mass is 495 g/mol. The third-order valence-electron chi connectivity index (χ3n) is 6.88. The van der Waals surface area contributed by atoms with Crippen LogP contribution in [0, 0.1) is 5.82 Å². The SMILES string of the molecule is CCNC1CCc2c(-c3ccc(C(=O)OC)cc3F)nn(C(=O)c3c(Cl)cccc3C3CC3)c2C1. The molecule has 0 bridgehead atoms. The van der Waals surface area contributed by atoms with Crippen LogP contribution >= 0.6 is 11.6 Å². The molecule has 6 nitrogen and oxygen atoms in total. The highest BCUT2D eigenvalue weighted by molar-refractivity contribution is 6.34. The molecule has 1 N–H and O–H groups in total. The Balaban J connectivity index is 1.63. The molecule has 1 aromatic heterocycles. The lowest BCUT2D eigenvalue weighted by Crippen LogP contribution is -2.35. The number of rotatable bonds is 6. The van der Waals surface area contributed by atoms with E-state index in [1.165, 1.54) is 23.9 Å². The number of fused-ring (bicyclic) bond motifs is 1. The number of likely N-dealkylation sites (N-methyl/N-ethyl adjacent to an activating group) is 1. The maximum Gasteiger partial charge on any atom is 0.337 e. The normalized spacial score (nSPS) is 17.2. The molecule has 3 aromatic rings. The van der Waals surface area contributed by atoms with Gasteiger partial charge in [0.1, 0.15) is 5.82 Å². The highest BCUT2D eigenvalue weighted by atomic mass is 35.5. The first kappa shape index (κ1) is 23.7. The van der Waals surface area contributed by atoms with Crippen LogP contribution in [-0.4, -0.2) is 41.4 Å². The fourth-order valence-electron chi connectivity index (χ4n) is 5.02. The van der Waals surface area contributed by atoms with Crippen LogP contribution in [0.15, 0.2) is 36.4 Å². The molecule has 1 heterocycles. The molecular weight excluding hydrogens is 469 g/mol. The predicted molar refractivity (Wildman–Crippen MR) is 132 cm³/mol. The lowest BCUT2D eigenvalue weighted by molar-refractivity contribution is 0.0600. The van der Waals surface area contributed by atoms with Gasteiger partial charge in [0.2, 0.25) is 0 Å². The summed E-state index contributed by atoms with van der Waals surface area (Å²) in [6.07, 6.45) is 4.18. The van der Waals surface area contributed by atoms with Gasteiger partial charge in [0.15, 0.2) is 0 Å². The molecule has 5 rings (SSSR count). The van der Waals surface area contributed by atoms with Gasteiger partial charge in [-0.1, -0.05) is 30.7 Å². The van der Waals surface area contributed by atoms with Gasteiger partial charge < -0.3 is 10.1 Å². The topological polar surface area (TPSA) is 73.2 Å². The molecule has 1 unspecified atom stereocenters. The van der Waals surface area contributed by atoms with Crippen molar-refractivity contribution >= 4 is 23.5 Å². The third-order valence-corrected chi connectivity index (χ3v) is 7.19. The minimum Gasteiger partial charge on any atom is -0.465 e. The van der Waals surface area contributed by atoms with Gasteiger partial charge in [-0.2, -0.15) is 9.78 Å². The first-order valence-electron chi connectivity index (χ1n) is 12.0. The third kappa shape index (κ3) is 4.39. The van der Waals surface area contributed by atoms with Crippen molar-refractivity contribution in [3.05, 3.63) is 75.2 Å². The van der Waals surface area contributed by atoms with Crippen LogP contribution in [0.4, 0.5) is 4.39 Å². The van der Waals surface area contributed by atoms with E-state index in [1.54, 1.807) is 6.07 Å². The Morgan fingerprint density at radius 1 is 1.23 bits per heavy atom. The number of carbonyl (C=O) groups is 2. The maximum absolute atomic E-state index is 15.2. The van der Waals surface area contributed by atoms with Gasteiger partial charge in [0, 0.05) is 23.6 Å². The number of hydrogen-bond acceptors (Lipinski definition) is 5. The molecule has 2 aliphatic rings. The molecule has 1 atom stereocenters. The summed E-state index contributed by atoms with van der Waals surface area (Å²) >= 11 is 6.54. The standard InChI is InChI=1S/C27H27ClFN3O3/c1-3-30-17-10-12-20-23(14-17)32(26(33)24-18(15-7-8-15)5-4-6-21(24)28)31-25(20)19-11-9-16(13-22(19)29)27(34)35-2/h4-6,9,11,13,15,17,30H,3,7-8,10,12,14H2,1-2H3. The molecule has 2 aliphatic carbocycles. The van der Waals surface area contributed by atoms with Crippen LogP contribution in [0.1, 0.15) is 69.6 Å². The molecule has 0 spiro atoms. The number of aromatic nitrogens is 2. The predicted octanol–water partition coefficient (Wildman–Crippen LogP) is 5.16. The van der Waals surface area contributed by atoms with Crippen LogP contribution in [0.25, 0.3) is 11.3 Å². The molecule has 0 radical (unpaired) electrons. The van der Waals surface area contributed by atoms with Gasteiger partial charge in [0.25, 0.3) is 5.91 Å². The van der Waals surface area contributed by atoms with Crippen LogP contribution in [0.3, 0.4) is 0 Å². The van der Waals surface area contributed by atoms with Crippen molar-refractivity contribution in [2.45, 2.75) is 51.0 Å². The van der Waals surface area contributed by atoms with Crippen molar-refractivity contribution in [1.29, 1.82) is 0 Å². The second-order valence-electron chi connectivity index (χ2n) is 9.15. The van der Waals surface area contributed by atoms with Crippen LogP contribution < -0.4 is 5.32 Å². The van der Waals surface area contributed by atoms with Crippen LogP contribution in [0.5, 0.6) is 0 Å². The number of nitrogens with zero attached hydrogens (tertiary/aromatic N) is 2. The van der Waals surface area contributed by atoms with Gasteiger partial charge >= 0.3 is 5.97 Å². The number of esters is 1. The van der Waals surface area contributed by atoms with Crippen molar-refractivity contribution < 1.29 is 18.7 Å². The fourth-order valence-corrected chi connectivity index (χ4v) is 5.28. The zero-order valence-electron chi connectivity index (χ0n) is 19.7. The molecule has 182 valence electrons. The molecule has 0 amide bonds. The maximum atomic E-state index is 15.2. The number of hydrogen-bond donors (Lipinski definition) is 1. The number of carbonyl (C=O) groups excluding carboxylic acids is 2. The van der Waals surface area contributed by atoms with E-state index in [0.717, 1.165) is 48.7 Å². The molecule has 2 aromatic carbocycles. The Labute approximate surface area is 208 Å². The Morgan fingerprint density at radius 2 is 2.03 bits per heavy atom. The summed E-state index contributed by atoms with van der Waals surface area (Å²) in [6, 6.07) is 9.95. The van der Waals surface area contributed by atoms with E-state index in [1.807, 2.05) is 19.1 Å². The summed E-state index contributed by atoms with van der Waals surface area (Å²) in [4.78, 5) is 25.8. The summed E-state index contributed by atoms with van der Waals surface area (Å²) in [5.41, 5.74) is 3.86. The van der Waals surface area contributed by atoms with E-state index in [4.69, 9.17) is 16.3 Å². The summed E-state index contributed by atoms with van der Waals surface area (Å²) < 4.78 is 21.3. The summed E-state index contributed by atoms with van der Waals surface area (Å²) in [6.45, 7) is 2.86. The largest absolute Gasteiger partial charge is 0.465 e. The summed E-state index contributed by atoms with van der Waals surface area (Å²) in [5.74, 6) is -1.16. The quantitative estimate of drug-likeness (QED) is 0.478. The van der Waals surface area contributed by atoms with Crippen molar-refractivity contribution in [2.24, 2.45) is 0 Å². The molecule has 0 saturated heterocycles.